The van der Waals surface area contributed by atoms with Gasteiger partial charge in [0, 0.05) is 13.0 Å². The Morgan fingerprint density at radius 1 is 1.20 bits per heavy atom. The summed E-state index contributed by atoms with van der Waals surface area (Å²) in [6.07, 6.45) is -0.0778. The fraction of sp³-hybridized carbons (Fsp3) is 0.500. The van der Waals surface area contributed by atoms with E-state index >= 15 is 0 Å². The molecule has 2 N–H and O–H groups in total. The highest BCUT2D eigenvalue weighted by Gasteiger charge is 2.06. The van der Waals surface area contributed by atoms with Gasteiger partial charge in [-0.15, -0.1) is 0 Å². The maximum absolute atomic E-state index is 9.59. The van der Waals surface area contributed by atoms with Crippen molar-refractivity contribution in [1.82, 2.24) is 0 Å². The van der Waals surface area contributed by atoms with Crippen LogP contribution in [-0.4, -0.2) is 22.9 Å². The Hall–Kier alpha value is -1.06. The normalized spacial score (nSPS) is 12.9. The van der Waals surface area contributed by atoms with Crippen molar-refractivity contribution in [2.75, 3.05) is 6.61 Å². The van der Waals surface area contributed by atoms with Gasteiger partial charge in [0.25, 0.3) is 0 Å². The van der Waals surface area contributed by atoms with Gasteiger partial charge in [-0.2, -0.15) is 0 Å². The summed E-state index contributed by atoms with van der Waals surface area (Å²) < 4.78 is 5.48. The van der Waals surface area contributed by atoms with E-state index in [1.807, 2.05) is 38.1 Å². The Kier molecular flexibility index (Phi) is 4.59. The van der Waals surface area contributed by atoms with Gasteiger partial charge in [-0.05, 0) is 31.5 Å². The van der Waals surface area contributed by atoms with Gasteiger partial charge in [-0.1, -0.05) is 12.1 Å². The third kappa shape index (κ3) is 3.90. The van der Waals surface area contributed by atoms with Crippen LogP contribution in [0.5, 0.6) is 5.75 Å². The molecule has 1 aromatic rings. The van der Waals surface area contributed by atoms with Crippen LogP contribution in [0.2, 0.25) is 0 Å². The van der Waals surface area contributed by atoms with Gasteiger partial charge in [0.2, 0.25) is 0 Å². The van der Waals surface area contributed by atoms with Crippen LogP contribution in [-0.2, 0) is 0 Å². The van der Waals surface area contributed by atoms with Gasteiger partial charge < -0.3 is 14.9 Å². The second kappa shape index (κ2) is 5.73. The molecule has 0 spiro atoms. The first-order chi connectivity index (χ1) is 7.13. The summed E-state index contributed by atoms with van der Waals surface area (Å²) in [4.78, 5) is 0. The highest BCUT2D eigenvalue weighted by molar-refractivity contribution is 5.28. The average molecular weight is 210 g/mol. The fourth-order valence-corrected chi connectivity index (χ4v) is 1.33. The molecule has 0 aromatic heterocycles. The van der Waals surface area contributed by atoms with E-state index in [1.54, 1.807) is 0 Å². The predicted molar refractivity (Wildman–Crippen MR) is 58.9 cm³/mol. The lowest BCUT2D eigenvalue weighted by Crippen LogP contribution is -2.06. The third-order valence-corrected chi connectivity index (χ3v) is 2.04. The molecule has 84 valence electrons. The maximum atomic E-state index is 9.59. The molecule has 0 fully saturated rings. The van der Waals surface area contributed by atoms with Crippen LogP contribution in [0.15, 0.2) is 24.3 Å². The first-order valence-electron chi connectivity index (χ1n) is 5.19. The van der Waals surface area contributed by atoms with Crippen LogP contribution in [0.1, 0.15) is 31.9 Å². The topological polar surface area (TPSA) is 49.7 Å². The predicted octanol–water partition coefficient (Wildman–Crippen LogP) is 1.89. The molecule has 0 aliphatic carbocycles. The molecule has 0 aliphatic rings. The molecular formula is C12H18O3. The molecule has 3 heteroatoms. The maximum Gasteiger partial charge on any atom is 0.119 e. The molecule has 0 bridgehead atoms. The van der Waals surface area contributed by atoms with E-state index in [1.165, 1.54) is 0 Å². The summed E-state index contributed by atoms with van der Waals surface area (Å²) in [5.74, 6) is 0.796. The lowest BCUT2D eigenvalue weighted by atomic mass is 10.1. The van der Waals surface area contributed by atoms with Crippen molar-refractivity contribution in [2.24, 2.45) is 0 Å². The fourth-order valence-electron chi connectivity index (χ4n) is 1.33. The molecule has 3 nitrogen and oxygen atoms in total. The van der Waals surface area contributed by atoms with Gasteiger partial charge >= 0.3 is 0 Å². The Bertz CT molecular complexity index is 279. The van der Waals surface area contributed by atoms with Crippen molar-refractivity contribution in [3.8, 4) is 5.75 Å². The molecule has 0 saturated carbocycles. The molecule has 0 radical (unpaired) electrons. The lowest BCUT2D eigenvalue weighted by Gasteiger charge is -2.12. The Labute approximate surface area is 90.3 Å². The zero-order valence-electron chi connectivity index (χ0n) is 9.18. The molecule has 1 unspecified atom stereocenters. The van der Waals surface area contributed by atoms with Crippen molar-refractivity contribution in [3.63, 3.8) is 0 Å². The summed E-state index contributed by atoms with van der Waals surface area (Å²) in [5.41, 5.74) is 0.806. The summed E-state index contributed by atoms with van der Waals surface area (Å²) in [6.45, 7) is 3.93. The molecule has 0 saturated heterocycles. The zero-order chi connectivity index (χ0) is 11.3. The number of aliphatic hydroxyl groups excluding tert-OH is 2. The van der Waals surface area contributed by atoms with Crippen LogP contribution >= 0.6 is 0 Å². The summed E-state index contributed by atoms with van der Waals surface area (Å²) in [7, 11) is 0. The van der Waals surface area contributed by atoms with Crippen molar-refractivity contribution < 1.29 is 14.9 Å². The van der Waals surface area contributed by atoms with Gasteiger partial charge in [0.1, 0.15) is 5.75 Å². The quantitative estimate of drug-likeness (QED) is 0.780. The largest absolute Gasteiger partial charge is 0.491 e. The second-order valence-electron chi connectivity index (χ2n) is 3.76. The Balaban J connectivity index is 2.63. The van der Waals surface area contributed by atoms with Gasteiger partial charge in [0.05, 0.1) is 12.2 Å². The highest BCUT2D eigenvalue weighted by atomic mass is 16.5. The SMILES string of the molecule is CC(C)Oc1ccc(C(O)CCO)cc1. The van der Waals surface area contributed by atoms with Crippen LogP contribution in [0, 0.1) is 0 Å². The minimum Gasteiger partial charge on any atom is -0.491 e. The van der Waals surface area contributed by atoms with E-state index in [0.29, 0.717) is 6.42 Å². The molecule has 1 aromatic carbocycles. The number of hydrogen-bond donors (Lipinski definition) is 2. The van der Waals surface area contributed by atoms with Crippen LogP contribution in [0.25, 0.3) is 0 Å². The third-order valence-electron chi connectivity index (χ3n) is 2.04. The Morgan fingerprint density at radius 3 is 2.27 bits per heavy atom. The number of benzene rings is 1. The van der Waals surface area contributed by atoms with E-state index in [0.717, 1.165) is 11.3 Å². The molecule has 0 aliphatic heterocycles. The molecular weight excluding hydrogens is 192 g/mol. The molecule has 1 rings (SSSR count). The first kappa shape index (κ1) is 12.0. The summed E-state index contributed by atoms with van der Waals surface area (Å²) in [6, 6.07) is 7.29. The van der Waals surface area contributed by atoms with E-state index < -0.39 is 6.10 Å². The van der Waals surface area contributed by atoms with Crippen molar-refractivity contribution >= 4 is 0 Å². The standard InChI is InChI=1S/C12H18O3/c1-9(2)15-11-5-3-10(4-6-11)12(14)7-8-13/h3-6,9,12-14H,7-8H2,1-2H3. The molecule has 0 amide bonds. The van der Waals surface area contributed by atoms with Crippen molar-refractivity contribution in [2.45, 2.75) is 32.5 Å². The van der Waals surface area contributed by atoms with Crippen LogP contribution in [0.3, 0.4) is 0 Å². The van der Waals surface area contributed by atoms with E-state index in [4.69, 9.17) is 9.84 Å². The van der Waals surface area contributed by atoms with Crippen LogP contribution < -0.4 is 4.74 Å². The van der Waals surface area contributed by atoms with E-state index in [9.17, 15) is 5.11 Å². The lowest BCUT2D eigenvalue weighted by molar-refractivity contribution is 0.134. The molecule has 15 heavy (non-hydrogen) atoms. The van der Waals surface area contributed by atoms with Crippen LogP contribution in [0.4, 0.5) is 0 Å². The second-order valence-corrected chi connectivity index (χ2v) is 3.76. The number of hydrogen-bond acceptors (Lipinski definition) is 3. The minimum atomic E-state index is -0.594. The molecule has 1 atom stereocenters. The summed E-state index contributed by atoms with van der Waals surface area (Å²) >= 11 is 0. The summed E-state index contributed by atoms with van der Waals surface area (Å²) in [5, 5.41) is 18.3. The van der Waals surface area contributed by atoms with E-state index in [-0.39, 0.29) is 12.7 Å². The van der Waals surface area contributed by atoms with Crippen molar-refractivity contribution in [1.29, 1.82) is 0 Å². The van der Waals surface area contributed by atoms with Crippen molar-refractivity contribution in [3.05, 3.63) is 29.8 Å². The van der Waals surface area contributed by atoms with Gasteiger partial charge in [-0.25, -0.2) is 0 Å². The average Bonchev–Trinajstić information content (AvgIpc) is 2.18. The number of ether oxygens (including phenoxy) is 1. The minimum absolute atomic E-state index is 0.00852. The number of aliphatic hydroxyl groups is 2. The smallest absolute Gasteiger partial charge is 0.119 e. The zero-order valence-corrected chi connectivity index (χ0v) is 9.18. The Morgan fingerprint density at radius 2 is 1.80 bits per heavy atom. The molecule has 0 heterocycles. The first-order valence-corrected chi connectivity index (χ1v) is 5.19. The van der Waals surface area contributed by atoms with Gasteiger partial charge in [-0.3, -0.25) is 0 Å². The van der Waals surface area contributed by atoms with E-state index in [2.05, 4.69) is 0 Å². The monoisotopic (exact) mass is 210 g/mol. The van der Waals surface area contributed by atoms with Gasteiger partial charge in [0.15, 0.2) is 0 Å². The highest BCUT2D eigenvalue weighted by Crippen LogP contribution is 2.20. The number of rotatable bonds is 5.